The van der Waals surface area contributed by atoms with Crippen molar-refractivity contribution in [1.29, 1.82) is 0 Å². The first-order valence-corrected chi connectivity index (χ1v) is 10.1. The second kappa shape index (κ2) is 8.74. The van der Waals surface area contributed by atoms with Gasteiger partial charge in [-0.05, 0) is 57.6 Å². The highest BCUT2D eigenvalue weighted by atomic mass is 16.5. The van der Waals surface area contributed by atoms with E-state index in [1.807, 2.05) is 33.8 Å². The van der Waals surface area contributed by atoms with E-state index in [9.17, 15) is 0 Å². The molecule has 0 aliphatic carbocycles. The van der Waals surface area contributed by atoms with Gasteiger partial charge in [-0.3, -0.25) is 0 Å². The minimum absolute atomic E-state index is 0.296. The molecule has 0 unspecified atom stereocenters. The molecule has 2 heterocycles. The predicted molar refractivity (Wildman–Crippen MR) is 115 cm³/mol. The molecule has 150 valence electrons. The Balaban J connectivity index is 1.67. The summed E-state index contributed by atoms with van der Waals surface area (Å²) in [5.41, 5.74) is 8.87. The molecule has 2 N–H and O–H groups in total. The lowest BCUT2D eigenvalue weighted by Gasteiger charge is -2.33. The van der Waals surface area contributed by atoms with Crippen LogP contribution < -0.4 is 15.4 Å². The van der Waals surface area contributed by atoms with E-state index in [1.54, 1.807) is 6.20 Å². The van der Waals surface area contributed by atoms with Gasteiger partial charge in [-0.1, -0.05) is 36.4 Å². The summed E-state index contributed by atoms with van der Waals surface area (Å²) in [6, 6.07) is 8.33. The van der Waals surface area contributed by atoms with Crippen molar-refractivity contribution in [2.45, 2.75) is 52.7 Å². The van der Waals surface area contributed by atoms with E-state index >= 15 is 0 Å². The van der Waals surface area contributed by atoms with Gasteiger partial charge in [-0.25, -0.2) is 9.97 Å². The average molecular weight is 381 g/mol. The minimum Gasteiger partial charge on any atom is -0.469 e. The largest absolute Gasteiger partial charge is 0.469 e. The maximum Gasteiger partial charge on any atom is 0.258 e. The summed E-state index contributed by atoms with van der Waals surface area (Å²) in [5.74, 6) is 2.06. The van der Waals surface area contributed by atoms with Crippen molar-refractivity contribution in [3.8, 4) is 5.88 Å². The Morgan fingerprint density at radius 1 is 1.21 bits per heavy atom. The van der Waals surface area contributed by atoms with Gasteiger partial charge >= 0.3 is 0 Å². The standard InChI is InChI=1S/C23H32N4O/c1-17-16-25-22(28-23(2,3)4)21(26-17)27-13-11-18(12-14-27)9-10-19-7-5-6-8-20(19)15-24/h5-10,16,18H,11-15,24H2,1-4H3/b10-9+. The number of hydrogen-bond acceptors (Lipinski definition) is 5. The molecule has 0 spiro atoms. The first-order valence-electron chi connectivity index (χ1n) is 10.1. The normalized spacial score (nSPS) is 16.0. The number of allylic oxidation sites excluding steroid dienone is 1. The topological polar surface area (TPSA) is 64.3 Å². The molecule has 1 aliphatic rings. The summed E-state index contributed by atoms with van der Waals surface area (Å²) in [4.78, 5) is 11.5. The number of aryl methyl sites for hydroxylation is 1. The van der Waals surface area contributed by atoms with Crippen LogP contribution in [-0.2, 0) is 6.54 Å². The van der Waals surface area contributed by atoms with Crippen molar-refractivity contribution < 1.29 is 4.74 Å². The van der Waals surface area contributed by atoms with Crippen molar-refractivity contribution in [2.75, 3.05) is 18.0 Å². The molecule has 1 aromatic carbocycles. The zero-order valence-electron chi connectivity index (χ0n) is 17.5. The number of aromatic nitrogens is 2. The van der Waals surface area contributed by atoms with E-state index in [0.717, 1.165) is 37.4 Å². The summed E-state index contributed by atoms with van der Waals surface area (Å²) >= 11 is 0. The van der Waals surface area contributed by atoms with Crippen molar-refractivity contribution >= 4 is 11.9 Å². The summed E-state index contributed by atoms with van der Waals surface area (Å²) in [6.07, 6.45) is 8.51. The van der Waals surface area contributed by atoms with Crippen LogP contribution >= 0.6 is 0 Å². The lowest BCUT2D eigenvalue weighted by molar-refractivity contribution is 0.124. The fraction of sp³-hybridized carbons (Fsp3) is 0.478. The fourth-order valence-corrected chi connectivity index (χ4v) is 3.45. The Hall–Kier alpha value is -2.40. The first-order chi connectivity index (χ1) is 13.4. The highest BCUT2D eigenvalue weighted by molar-refractivity contribution is 5.54. The van der Waals surface area contributed by atoms with Crippen LogP contribution in [0.4, 0.5) is 5.82 Å². The van der Waals surface area contributed by atoms with Gasteiger partial charge in [0.1, 0.15) is 5.60 Å². The molecule has 28 heavy (non-hydrogen) atoms. The van der Waals surface area contributed by atoms with Gasteiger partial charge < -0.3 is 15.4 Å². The summed E-state index contributed by atoms with van der Waals surface area (Å²) < 4.78 is 6.06. The number of anilines is 1. The van der Waals surface area contributed by atoms with Gasteiger partial charge in [0.05, 0.1) is 11.9 Å². The molecule has 3 rings (SSSR count). The van der Waals surface area contributed by atoms with Crippen LogP contribution in [0.2, 0.25) is 0 Å². The molecular formula is C23H32N4O. The lowest BCUT2D eigenvalue weighted by atomic mass is 9.95. The second-order valence-electron chi connectivity index (χ2n) is 8.44. The smallest absolute Gasteiger partial charge is 0.258 e. The third-order valence-electron chi connectivity index (χ3n) is 4.91. The van der Waals surface area contributed by atoms with Crippen LogP contribution in [0.25, 0.3) is 6.08 Å². The Labute approximate surface area is 168 Å². The van der Waals surface area contributed by atoms with Gasteiger partial charge in [0, 0.05) is 19.6 Å². The van der Waals surface area contributed by atoms with Crippen LogP contribution in [0.3, 0.4) is 0 Å². The van der Waals surface area contributed by atoms with Gasteiger partial charge in [0.2, 0.25) is 0 Å². The molecule has 0 saturated carbocycles. The first kappa shape index (κ1) is 20.3. The van der Waals surface area contributed by atoms with E-state index in [1.165, 1.54) is 11.1 Å². The monoisotopic (exact) mass is 380 g/mol. The minimum atomic E-state index is -0.296. The SMILES string of the molecule is Cc1cnc(OC(C)(C)C)c(N2CCC(/C=C/c3ccccc3CN)CC2)n1. The van der Waals surface area contributed by atoms with Crippen molar-refractivity contribution in [3.05, 3.63) is 53.4 Å². The van der Waals surface area contributed by atoms with Crippen molar-refractivity contribution in [1.82, 2.24) is 9.97 Å². The number of benzene rings is 1. The molecule has 0 atom stereocenters. The molecule has 5 heteroatoms. The van der Waals surface area contributed by atoms with Crippen LogP contribution in [0.15, 0.2) is 36.5 Å². The number of piperidine rings is 1. The van der Waals surface area contributed by atoms with E-state index in [-0.39, 0.29) is 5.60 Å². The summed E-state index contributed by atoms with van der Waals surface area (Å²) in [6.45, 7) is 10.6. The maximum atomic E-state index is 6.06. The number of ether oxygens (including phenoxy) is 1. The van der Waals surface area contributed by atoms with Crippen molar-refractivity contribution in [3.63, 3.8) is 0 Å². The number of rotatable bonds is 5. The molecule has 0 amide bonds. The van der Waals surface area contributed by atoms with Crippen molar-refractivity contribution in [2.24, 2.45) is 11.7 Å². The number of nitrogens with zero attached hydrogens (tertiary/aromatic N) is 3. The van der Waals surface area contributed by atoms with Crippen LogP contribution in [-0.4, -0.2) is 28.7 Å². The molecule has 0 radical (unpaired) electrons. The van der Waals surface area contributed by atoms with Crippen LogP contribution in [0, 0.1) is 12.8 Å². The Morgan fingerprint density at radius 2 is 1.93 bits per heavy atom. The lowest BCUT2D eigenvalue weighted by Crippen LogP contribution is -2.35. The van der Waals surface area contributed by atoms with Gasteiger partial charge in [-0.2, -0.15) is 0 Å². The zero-order valence-corrected chi connectivity index (χ0v) is 17.5. The molecule has 0 bridgehead atoms. The molecule has 1 aromatic heterocycles. The number of nitrogens with two attached hydrogens (primary N) is 1. The Morgan fingerprint density at radius 3 is 2.61 bits per heavy atom. The molecule has 1 saturated heterocycles. The highest BCUT2D eigenvalue weighted by Crippen LogP contribution is 2.31. The van der Waals surface area contributed by atoms with E-state index < -0.39 is 0 Å². The fourth-order valence-electron chi connectivity index (χ4n) is 3.45. The number of hydrogen-bond donors (Lipinski definition) is 1. The summed E-state index contributed by atoms with van der Waals surface area (Å²) in [5, 5.41) is 0. The molecule has 1 aliphatic heterocycles. The van der Waals surface area contributed by atoms with E-state index in [2.05, 4.69) is 40.2 Å². The van der Waals surface area contributed by atoms with E-state index in [0.29, 0.717) is 18.3 Å². The molecule has 1 fully saturated rings. The van der Waals surface area contributed by atoms with Crippen LogP contribution in [0.5, 0.6) is 5.88 Å². The maximum absolute atomic E-state index is 6.06. The Kier molecular flexibility index (Phi) is 6.35. The quantitative estimate of drug-likeness (QED) is 0.835. The zero-order chi connectivity index (χ0) is 20.1. The third kappa shape index (κ3) is 5.32. The van der Waals surface area contributed by atoms with Gasteiger partial charge in [-0.15, -0.1) is 0 Å². The molecular weight excluding hydrogens is 348 g/mol. The second-order valence-corrected chi connectivity index (χ2v) is 8.44. The van der Waals surface area contributed by atoms with Gasteiger partial charge in [0.15, 0.2) is 5.82 Å². The van der Waals surface area contributed by atoms with Crippen LogP contribution in [0.1, 0.15) is 50.4 Å². The molecule has 2 aromatic rings. The highest BCUT2D eigenvalue weighted by Gasteiger charge is 2.24. The third-order valence-corrected chi connectivity index (χ3v) is 4.91. The molecule has 5 nitrogen and oxygen atoms in total. The van der Waals surface area contributed by atoms with E-state index in [4.69, 9.17) is 15.5 Å². The Bertz CT molecular complexity index is 818. The predicted octanol–water partition coefficient (Wildman–Crippen LogP) is 4.35. The van der Waals surface area contributed by atoms with Gasteiger partial charge in [0.25, 0.3) is 5.88 Å². The average Bonchev–Trinajstić information content (AvgIpc) is 2.67. The summed E-state index contributed by atoms with van der Waals surface area (Å²) in [7, 11) is 0.